The first kappa shape index (κ1) is 10.4. The summed E-state index contributed by atoms with van der Waals surface area (Å²) in [6, 6.07) is 7.47. The van der Waals surface area contributed by atoms with Crippen molar-refractivity contribution in [1.82, 2.24) is 0 Å². The summed E-state index contributed by atoms with van der Waals surface area (Å²) >= 11 is 0. The van der Waals surface area contributed by atoms with Gasteiger partial charge < -0.3 is 20.3 Å². The third kappa shape index (κ3) is 1.97. The molecule has 15 heavy (non-hydrogen) atoms. The number of anilines is 1. The highest BCUT2D eigenvalue weighted by molar-refractivity contribution is 5.48. The molecule has 1 aliphatic heterocycles. The van der Waals surface area contributed by atoms with E-state index in [0.717, 1.165) is 5.56 Å². The van der Waals surface area contributed by atoms with Crippen molar-refractivity contribution in [1.29, 1.82) is 0 Å². The van der Waals surface area contributed by atoms with Crippen LogP contribution in [-0.2, 0) is 9.47 Å². The van der Waals surface area contributed by atoms with Gasteiger partial charge in [-0.2, -0.15) is 0 Å². The molecular weight excluding hydrogens is 194 g/mol. The van der Waals surface area contributed by atoms with Gasteiger partial charge in [-0.25, -0.2) is 0 Å². The zero-order valence-corrected chi connectivity index (χ0v) is 8.59. The minimum absolute atomic E-state index is 0.0661. The Labute approximate surface area is 88.6 Å². The molecule has 3 unspecified atom stereocenters. The second-order valence-corrected chi connectivity index (χ2v) is 3.61. The first-order valence-corrected chi connectivity index (χ1v) is 4.98. The van der Waals surface area contributed by atoms with Gasteiger partial charge >= 0.3 is 0 Å². The quantitative estimate of drug-likeness (QED) is 0.715. The fourth-order valence-electron chi connectivity index (χ4n) is 1.83. The van der Waals surface area contributed by atoms with Gasteiger partial charge in [0.15, 0.2) is 6.29 Å². The van der Waals surface area contributed by atoms with Gasteiger partial charge in [0.05, 0.1) is 6.61 Å². The maximum atomic E-state index is 9.16. The molecule has 1 fully saturated rings. The van der Waals surface area contributed by atoms with Crippen molar-refractivity contribution in [3.63, 3.8) is 0 Å². The molecule has 0 bridgehead atoms. The lowest BCUT2D eigenvalue weighted by atomic mass is 10.0. The molecular formula is C11H15NO3. The lowest BCUT2D eigenvalue weighted by Crippen LogP contribution is -2.20. The van der Waals surface area contributed by atoms with Crippen LogP contribution in [0.15, 0.2) is 24.3 Å². The monoisotopic (exact) mass is 209 g/mol. The molecule has 1 aromatic rings. The molecule has 0 saturated carbocycles. The smallest absolute Gasteiger partial charge is 0.156 e. The standard InChI is InChI=1S/C11H15NO3/c1-7-14-10(6-13)11(15-7)8-4-2-3-5-9(8)12/h2-5,7,10-11,13H,6,12H2,1H3. The van der Waals surface area contributed by atoms with Crippen LogP contribution in [-0.4, -0.2) is 24.1 Å². The number of hydrogen-bond donors (Lipinski definition) is 2. The summed E-state index contributed by atoms with van der Waals surface area (Å²) in [6.07, 6.45) is -0.900. The summed E-state index contributed by atoms with van der Waals surface area (Å²) in [5.74, 6) is 0. The Morgan fingerprint density at radius 2 is 2.07 bits per heavy atom. The van der Waals surface area contributed by atoms with Crippen LogP contribution in [0.2, 0.25) is 0 Å². The minimum Gasteiger partial charge on any atom is -0.398 e. The van der Waals surface area contributed by atoms with Gasteiger partial charge in [0.25, 0.3) is 0 Å². The number of ether oxygens (including phenoxy) is 2. The molecule has 1 heterocycles. The van der Waals surface area contributed by atoms with Gasteiger partial charge in [0.2, 0.25) is 0 Å². The summed E-state index contributed by atoms with van der Waals surface area (Å²) in [6.45, 7) is 1.74. The summed E-state index contributed by atoms with van der Waals surface area (Å²) in [5.41, 5.74) is 7.39. The van der Waals surface area contributed by atoms with E-state index in [9.17, 15) is 0 Å². The van der Waals surface area contributed by atoms with E-state index in [-0.39, 0.29) is 25.1 Å². The number of nitrogen functional groups attached to an aromatic ring is 1. The van der Waals surface area contributed by atoms with E-state index in [2.05, 4.69) is 0 Å². The first-order chi connectivity index (χ1) is 7.22. The second kappa shape index (κ2) is 4.18. The molecule has 2 rings (SSSR count). The van der Waals surface area contributed by atoms with Gasteiger partial charge in [0.1, 0.15) is 12.2 Å². The molecule has 3 N–H and O–H groups in total. The van der Waals surface area contributed by atoms with Crippen molar-refractivity contribution >= 4 is 5.69 Å². The average molecular weight is 209 g/mol. The molecule has 1 aliphatic rings. The van der Waals surface area contributed by atoms with Crippen molar-refractivity contribution in [2.45, 2.75) is 25.4 Å². The van der Waals surface area contributed by atoms with Crippen LogP contribution in [0.4, 0.5) is 5.69 Å². The maximum Gasteiger partial charge on any atom is 0.156 e. The minimum atomic E-state index is -0.329. The number of nitrogens with two attached hydrogens (primary N) is 1. The highest BCUT2D eigenvalue weighted by Crippen LogP contribution is 2.34. The fraction of sp³-hybridized carbons (Fsp3) is 0.455. The second-order valence-electron chi connectivity index (χ2n) is 3.61. The maximum absolute atomic E-state index is 9.16. The molecule has 0 spiro atoms. The molecule has 1 aromatic carbocycles. The summed E-state index contributed by atoms with van der Waals surface area (Å²) < 4.78 is 11.0. The van der Waals surface area contributed by atoms with Crippen molar-refractivity contribution in [2.24, 2.45) is 0 Å². The van der Waals surface area contributed by atoms with Crippen molar-refractivity contribution < 1.29 is 14.6 Å². The normalized spacial score (nSPS) is 30.7. The van der Waals surface area contributed by atoms with Gasteiger partial charge in [-0.1, -0.05) is 18.2 Å². The number of rotatable bonds is 2. The Hall–Kier alpha value is -1.10. The SMILES string of the molecule is CC1OC(CO)C(c2ccccc2N)O1. The van der Waals surface area contributed by atoms with Gasteiger partial charge in [-0.15, -0.1) is 0 Å². The van der Waals surface area contributed by atoms with E-state index in [1.807, 2.05) is 31.2 Å². The van der Waals surface area contributed by atoms with E-state index in [1.54, 1.807) is 0 Å². The van der Waals surface area contributed by atoms with E-state index in [4.69, 9.17) is 20.3 Å². The molecule has 1 saturated heterocycles. The van der Waals surface area contributed by atoms with Crippen LogP contribution in [0.3, 0.4) is 0 Å². The predicted octanol–water partition coefficient (Wildman–Crippen LogP) is 1.06. The number of aliphatic hydroxyl groups excluding tert-OH is 1. The van der Waals surface area contributed by atoms with E-state index in [1.165, 1.54) is 0 Å². The lowest BCUT2D eigenvalue weighted by molar-refractivity contribution is -0.0563. The van der Waals surface area contributed by atoms with E-state index in [0.29, 0.717) is 5.69 Å². The number of para-hydroxylation sites is 1. The molecule has 4 nitrogen and oxygen atoms in total. The Morgan fingerprint density at radius 3 is 2.73 bits per heavy atom. The Morgan fingerprint density at radius 1 is 1.33 bits per heavy atom. The first-order valence-electron chi connectivity index (χ1n) is 4.98. The molecule has 0 aliphatic carbocycles. The van der Waals surface area contributed by atoms with Crippen LogP contribution in [0.5, 0.6) is 0 Å². The summed E-state index contributed by atoms with van der Waals surface area (Å²) in [4.78, 5) is 0. The Kier molecular flexibility index (Phi) is 2.90. The van der Waals surface area contributed by atoms with Gasteiger partial charge in [-0.3, -0.25) is 0 Å². The highest BCUT2D eigenvalue weighted by atomic mass is 16.7. The topological polar surface area (TPSA) is 64.7 Å². The molecule has 82 valence electrons. The molecule has 3 atom stereocenters. The fourth-order valence-corrected chi connectivity index (χ4v) is 1.83. The molecule has 4 heteroatoms. The zero-order valence-electron chi connectivity index (χ0n) is 8.59. The molecule has 0 aromatic heterocycles. The van der Waals surface area contributed by atoms with Crippen molar-refractivity contribution in [3.8, 4) is 0 Å². The van der Waals surface area contributed by atoms with Gasteiger partial charge in [0, 0.05) is 11.3 Å². The summed E-state index contributed by atoms with van der Waals surface area (Å²) in [7, 11) is 0. The highest BCUT2D eigenvalue weighted by Gasteiger charge is 2.35. The number of hydrogen-bond acceptors (Lipinski definition) is 4. The Bertz CT molecular complexity index is 342. The third-order valence-corrected chi connectivity index (χ3v) is 2.52. The average Bonchev–Trinajstić information content (AvgIpc) is 2.60. The Balaban J connectivity index is 2.26. The largest absolute Gasteiger partial charge is 0.398 e. The van der Waals surface area contributed by atoms with Crippen LogP contribution >= 0.6 is 0 Å². The zero-order chi connectivity index (χ0) is 10.8. The van der Waals surface area contributed by atoms with Crippen molar-refractivity contribution in [2.75, 3.05) is 12.3 Å². The van der Waals surface area contributed by atoms with Crippen LogP contribution in [0.25, 0.3) is 0 Å². The number of benzene rings is 1. The van der Waals surface area contributed by atoms with E-state index < -0.39 is 0 Å². The van der Waals surface area contributed by atoms with Crippen LogP contribution in [0.1, 0.15) is 18.6 Å². The third-order valence-electron chi connectivity index (χ3n) is 2.52. The predicted molar refractivity (Wildman–Crippen MR) is 56.1 cm³/mol. The molecule has 0 amide bonds. The van der Waals surface area contributed by atoms with Gasteiger partial charge in [-0.05, 0) is 13.0 Å². The van der Waals surface area contributed by atoms with Crippen LogP contribution < -0.4 is 5.73 Å². The number of aliphatic hydroxyl groups is 1. The van der Waals surface area contributed by atoms with E-state index >= 15 is 0 Å². The summed E-state index contributed by atoms with van der Waals surface area (Å²) in [5, 5.41) is 9.16. The van der Waals surface area contributed by atoms with Crippen LogP contribution in [0, 0.1) is 0 Å². The van der Waals surface area contributed by atoms with Crippen molar-refractivity contribution in [3.05, 3.63) is 29.8 Å². The lowest BCUT2D eigenvalue weighted by Gasteiger charge is -2.16. The molecule has 0 radical (unpaired) electrons.